The van der Waals surface area contributed by atoms with Crippen molar-refractivity contribution in [1.29, 1.82) is 0 Å². The maximum absolute atomic E-state index is 13.4. The number of para-hydroxylation sites is 2. The number of nitro groups is 1. The van der Waals surface area contributed by atoms with Crippen LogP contribution in [-0.2, 0) is 14.8 Å². The normalized spacial score (nSPS) is 10.9. The molecular formula is C21H19N3O6S. The largest absolute Gasteiger partial charge is 0.497 e. The first-order valence-corrected chi connectivity index (χ1v) is 10.5. The first kappa shape index (κ1) is 21.8. The molecule has 0 fully saturated rings. The van der Waals surface area contributed by atoms with Crippen molar-refractivity contribution in [3.05, 3.63) is 89.0 Å². The summed E-state index contributed by atoms with van der Waals surface area (Å²) in [4.78, 5) is 22.8. The monoisotopic (exact) mass is 441 g/mol. The van der Waals surface area contributed by atoms with Crippen LogP contribution in [0.25, 0.3) is 0 Å². The molecule has 0 aliphatic heterocycles. The lowest BCUT2D eigenvalue weighted by Crippen LogP contribution is -2.38. The Morgan fingerprint density at radius 3 is 2.23 bits per heavy atom. The Balaban J connectivity index is 1.95. The molecule has 0 aromatic heterocycles. The van der Waals surface area contributed by atoms with E-state index in [1.54, 1.807) is 42.5 Å². The molecule has 0 heterocycles. The van der Waals surface area contributed by atoms with Gasteiger partial charge in [-0.15, -0.1) is 0 Å². The zero-order chi connectivity index (χ0) is 22.4. The lowest BCUT2D eigenvalue weighted by atomic mass is 10.3. The second-order valence-electron chi connectivity index (χ2n) is 6.35. The van der Waals surface area contributed by atoms with Crippen molar-refractivity contribution in [2.75, 3.05) is 23.3 Å². The summed E-state index contributed by atoms with van der Waals surface area (Å²) in [5.41, 5.74) is 0.0754. The first-order valence-electron chi connectivity index (χ1n) is 9.08. The molecule has 31 heavy (non-hydrogen) atoms. The number of amides is 1. The van der Waals surface area contributed by atoms with Crippen molar-refractivity contribution < 1.29 is 22.9 Å². The van der Waals surface area contributed by atoms with Crippen LogP contribution in [0.5, 0.6) is 5.75 Å². The minimum atomic E-state index is -4.42. The highest BCUT2D eigenvalue weighted by atomic mass is 32.2. The fourth-order valence-electron chi connectivity index (χ4n) is 2.86. The number of carbonyl (C=O) groups is 1. The van der Waals surface area contributed by atoms with Gasteiger partial charge in [0.2, 0.25) is 5.91 Å². The van der Waals surface area contributed by atoms with E-state index in [4.69, 9.17) is 4.74 Å². The molecule has 160 valence electrons. The van der Waals surface area contributed by atoms with E-state index in [-0.39, 0.29) is 5.69 Å². The highest BCUT2D eigenvalue weighted by Gasteiger charge is 2.33. The summed E-state index contributed by atoms with van der Waals surface area (Å²) < 4.78 is 32.6. The van der Waals surface area contributed by atoms with Gasteiger partial charge in [-0.2, -0.15) is 0 Å². The van der Waals surface area contributed by atoms with Crippen molar-refractivity contribution in [3.8, 4) is 5.75 Å². The molecular weight excluding hydrogens is 422 g/mol. The molecule has 0 aliphatic rings. The number of carbonyl (C=O) groups excluding carboxylic acids is 1. The average Bonchev–Trinajstić information content (AvgIpc) is 2.78. The van der Waals surface area contributed by atoms with Crippen LogP contribution in [0.4, 0.5) is 17.1 Å². The molecule has 1 amide bonds. The summed E-state index contributed by atoms with van der Waals surface area (Å²) in [7, 11) is -2.90. The quantitative estimate of drug-likeness (QED) is 0.422. The van der Waals surface area contributed by atoms with E-state index in [9.17, 15) is 23.3 Å². The summed E-state index contributed by atoms with van der Waals surface area (Å²) in [5, 5.41) is 14.0. The third-order valence-electron chi connectivity index (χ3n) is 4.34. The predicted molar refractivity (Wildman–Crippen MR) is 116 cm³/mol. The summed E-state index contributed by atoms with van der Waals surface area (Å²) in [5.74, 6) is -0.0148. The van der Waals surface area contributed by atoms with Gasteiger partial charge in [0.05, 0.1) is 17.7 Å². The number of nitrogens with zero attached hydrogens (tertiary/aromatic N) is 2. The number of nitrogens with one attached hydrogen (secondary N) is 1. The zero-order valence-electron chi connectivity index (χ0n) is 16.5. The van der Waals surface area contributed by atoms with Gasteiger partial charge in [0.1, 0.15) is 12.3 Å². The molecule has 0 atom stereocenters. The van der Waals surface area contributed by atoms with E-state index in [1.807, 2.05) is 0 Å². The van der Waals surface area contributed by atoms with Gasteiger partial charge in [0, 0.05) is 11.8 Å². The topological polar surface area (TPSA) is 119 Å². The molecule has 3 aromatic carbocycles. The molecule has 9 nitrogen and oxygen atoms in total. The Labute approximate surface area is 179 Å². The second-order valence-corrected chi connectivity index (χ2v) is 8.18. The van der Waals surface area contributed by atoms with Crippen molar-refractivity contribution in [2.45, 2.75) is 4.90 Å². The molecule has 0 unspecified atom stereocenters. The molecule has 0 radical (unpaired) electrons. The number of methoxy groups -OCH3 is 1. The van der Waals surface area contributed by atoms with Crippen molar-refractivity contribution in [3.63, 3.8) is 0 Å². The maximum atomic E-state index is 13.4. The lowest BCUT2D eigenvalue weighted by Gasteiger charge is -2.24. The Morgan fingerprint density at radius 2 is 1.61 bits per heavy atom. The fraction of sp³-hybridized carbons (Fsp3) is 0.0952. The third kappa shape index (κ3) is 4.98. The van der Waals surface area contributed by atoms with Gasteiger partial charge < -0.3 is 10.1 Å². The Kier molecular flexibility index (Phi) is 6.51. The van der Waals surface area contributed by atoms with E-state index in [2.05, 4.69) is 5.32 Å². The average molecular weight is 441 g/mol. The zero-order valence-corrected chi connectivity index (χ0v) is 17.3. The van der Waals surface area contributed by atoms with Gasteiger partial charge in [0.15, 0.2) is 4.90 Å². The van der Waals surface area contributed by atoms with Gasteiger partial charge in [-0.05, 0) is 42.5 Å². The number of rotatable bonds is 8. The third-order valence-corrected chi connectivity index (χ3v) is 6.16. The minimum absolute atomic E-state index is 0.200. The molecule has 0 saturated heterocycles. The molecule has 3 aromatic rings. The van der Waals surface area contributed by atoms with Crippen LogP contribution in [0, 0.1) is 10.1 Å². The Morgan fingerprint density at radius 1 is 1.00 bits per heavy atom. The molecule has 0 spiro atoms. The lowest BCUT2D eigenvalue weighted by molar-refractivity contribution is -0.387. The summed E-state index contributed by atoms with van der Waals surface area (Å²) in [6, 6.07) is 19.5. The molecule has 0 saturated carbocycles. The van der Waals surface area contributed by atoms with E-state index in [1.165, 1.54) is 31.4 Å². The number of ether oxygens (including phenoxy) is 1. The number of benzene rings is 3. The van der Waals surface area contributed by atoms with E-state index in [0.717, 1.165) is 16.4 Å². The van der Waals surface area contributed by atoms with Gasteiger partial charge in [-0.25, -0.2) is 8.42 Å². The van der Waals surface area contributed by atoms with Crippen molar-refractivity contribution in [2.24, 2.45) is 0 Å². The fourth-order valence-corrected chi connectivity index (χ4v) is 4.44. The molecule has 0 aliphatic carbocycles. The van der Waals surface area contributed by atoms with Gasteiger partial charge in [0.25, 0.3) is 15.7 Å². The van der Waals surface area contributed by atoms with Crippen LogP contribution in [-0.4, -0.2) is 32.9 Å². The highest BCUT2D eigenvalue weighted by molar-refractivity contribution is 7.93. The second kappa shape index (κ2) is 9.26. The van der Waals surface area contributed by atoms with E-state index < -0.39 is 38.0 Å². The Bertz CT molecular complexity index is 1180. The summed E-state index contributed by atoms with van der Waals surface area (Å²) >= 11 is 0. The number of hydrogen-bond donors (Lipinski definition) is 1. The number of hydrogen-bond acceptors (Lipinski definition) is 6. The molecule has 3 rings (SSSR count). The number of sulfonamides is 1. The molecule has 10 heteroatoms. The smallest absolute Gasteiger partial charge is 0.289 e. The van der Waals surface area contributed by atoms with Gasteiger partial charge >= 0.3 is 0 Å². The Hall–Kier alpha value is -3.92. The minimum Gasteiger partial charge on any atom is -0.497 e. The van der Waals surface area contributed by atoms with Crippen LogP contribution in [0.15, 0.2) is 83.8 Å². The SMILES string of the molecule is COc1ccc(NC(=O)CN(c2ccccc2)S(=O)(=O)c2ccccc2[N+](=O)[O-])cc1. The summed E-state index contributed by atoms with van der Waals surface area (Å²) in [6.45, 7) is -0.579. The number of anilines is 2. The van der Waals surface area contributed by atoms with Gasteiger partial charge in [-0.3, -0.25) is 19.2 Å². The van der Waals surface area contributed by atoms with E-state index in [0.29, 0.717) is 11.4 Å². The molecule has 0 bridgehead atoms. The summed E-state index contributed by atoms with van der Waals surface area (Å²) in [6.07, 6.45) is 0. The van der Waals surface area contributed by atoms with Crippen molar-refractivity contribution >= 4 is 33.0 Å². The predicted octanol–water partition coefficient (Wildman–Crippen LogP) is 3.44. The standard InChI is InChI=1S/C21H19N3O6S/c1-30-18-13-11-16(12-14-18)22-21(25)15-23(17-7-3-2-4-8-17)31(28,29)20-10-6-5-9-19(20)24(26)27/h2-14H,15H2,1H3,(H,22,25). The first-order chi connectivity index (χ1) is 14.8. The van der Waals surface area contributed by atoms with Crippen LogP contribution in [0.1, 0.15) is 0 Å². The van der Waals surface area contributed by atoms with Crippen LogP contribution >= 0.6 is 0 Å². The van der Waals surface area contributed by atoms with Crippen LogP contribution in [0.2, 0.25) is 0 Å². The van der Waals surface area contributed by atoms with Crippen LogP contribution < -0.4 is 14.4 Å². The van der Waals surface area contributed by atoms with Gasteiger partial charge in [-0.1, -0.05) is 30.3 Å². The molecule has 1 N–H and O–H groups in total. The van der Waals surface area contributed by atoms with Crippen molar-refractivity contribution in [1.82, 2.24) is 0 Å². The highest BCUT2D eigenvalue weighted by Crippen LogP contribution is 2.29. The maximum Gasteiger partial charge on any atom is 0.289 e. The van der Waals surface area contributed by atoms with Crippen LogP contribution in [0.3, 0.4) is 0 Å². The van der Waals surface area contributed by atoms with E-state index >= 15 is 0 Å². The number of nitro benzene ring substituents is 1.